The van der Waals surface area contributed by atoms with Gasteiger partial charge in [-0.3, -0.25) is 4.68 Å². The molecular weight excluding hydrogens is 306 g/mol. The molecule has 3 rings (SSSR count). The van der Waals surface area contributed by atoms with E-state index in [0.717, 1.165) is 37.1 Å². The minimum Gasteiger partial charge on any atom is -0.496 e. The molecule has 1 atom stereocenters. The molecule has 2 amide bonds. The molecule has 2 aromatic rings. The van der Waals surface area contributed by atoms with Crippen molar-refractivity contribution in [3.8, 4) is 5.75 Å². The molecule has 7 nitrogen and oxygen atoms in total. The first-order valence-corrected chi connectivity index (χ1v) is 8.18. The second-order valence-electron chi connectivity index (χ2n) is 6.00. The molecule has 7 heteroatoms. The molecule has 0 radical (unpaired) electrons. The Hall–Kier alpha value is -2.57. The van der Waals surface area contributed by atoms with Crippen molar-refractivity contribution in [2.24, 2.45) is 7.05 Å². The van der Waals surface area contributed by atoms with Gasteiger partial charge in [0.2, 0.25) is 0 Å². The molecule has 1 N–H and O–H groups in total. The van der Waals surface area contributed by atoms with E-state index in [2.05, 4.69) is 21.5 Å². The maximum atomic E-state index is 12.5. The summed E-state index contributed by atoms with van der Waals surface area (Å²) in [6.45, 7) is 1.12. The summed E-state index contributed by atoms with van der Waals surface area (Å²) >= 11 is 0. The summed E-state index contributed by atoms with van der Waals surface area (Å²) < 4.78 is 7.05. The van der Waals surface area contributed by atoms with E-state index in [1.165, 1.54) is 0 Å². The van der Waals surface area contributed by atoms with Crippen molar-refractivity contribution < 1.29 is 9.53 Å². The maximum absolute atomic E-state index is 12.5. The quantitative estimate of drug-likeness (QED) is 0.907. The van der Waals surface area contributed by atoms with Crippen LogP contribution >= 0.6 is 0 Å². The summed E-state index contributed by atoms with van der Waals surface area (Å²) in [6.07, 6.45) is 4.46. The third-order valence-electron chi connectivity index (χ3n) is 4.33. The van der Waals surface area contributed by atoms with Gasteiger partial charge in [0, 0.05) is 19.6 Å². The summed E-state index contributed by atoms with van der Waals surface area (Å²) in [5.74, 6) is 1.49. The number of benzene rings is 1. The van der Waals surface area contributed by atoms with E-state index < -0.39 is 0 Å². The van der Waals surface area contributed by atoms with Gasteiger partial charge in [-0.05, 0) is 30.9 Å². The predicted molar refractivity (Wildman–Crippen MR) is 89.7 cm³/mol. The predicted octanol–water partition coefficient (Wildman–Crippen LogP) is 1.74. The molecule has 1 fully saturated rings. The third kappa shape index (κ3) is 3.67. The lowest BCUT2D eigenvalue weighted by atomic mass is 10.0. The summed E-state index contributed by atoms with van der Waals surface area (Å²) in [5, 5.41) is 7.09. The minimum atomic E-state index is -0.0557. The van der Waals surface area contributed by atoms with Crippen LogP contribution in [0.1, 0.15) is 24.2 Å². The fourth-order valence-electron chi connectivity index (χ4n) is 3.16. The molecule has 1 unspecified atom stereocenters. The average Bonchev–Trinajstić information content (AvgIpc) is 3.22. The SMILES string of the molecule is COc1ccccc1CC1CCCN1C(=O)NCc1ncn(C)n1. The molecule has 1 aromatic carbocycles. The number of rotatable bonds is 5. The smallest absolute Gasteiger partial charge is 0.318 e. The average molecular weight is 329 g/mol. The minimum absolute atomic E-state index is 0.0557. The fourth-order valence-corrected chi connectivity index (χ4v) is 3.16. The van der Waals surface area contributed by atoms with Gasteiger partial charge in [0.05, 0.1) is 13.7 Å². The van der Waals surface area contributed by atoms with Crippen molar-refractivity contribution in [2.45, 2.75) is 31.8 Å². The number of amides is 2. The van der Waals surface area contributed by atoms with Crippen molar-refractivity contribution in [3.63, 3.8) is 0 Å². The van der Waals surface area contributed by atoms with Crippen LogP contribution < -0.4 is 10.1 Å². The first-order valence-electron chi connectivity index (χ1n) is 8.18. The molecule has 24 heavy (non-hydrogen) atoms. The van der Waals surface area contributed by atoms with Gasteiger partial charge >= 0.3 is 6.03 Å². The Kier molecular flexibility index (Phi) is 4.98. The summed E-state index contributed by atoms with van der Waals surface area (Å²) in [6, 6.07) is 8.12. The highest BCUT2D eigenvalue weighted by Gasteiger charge is 2.29. The van der Waals surface area contributed by atoms with E-state index >= 15 is 0 Å². The van der Waals surface area contributed by atoms with Gasteiger partial charge < -0.3 is 15.0 Å². The van der Waals surface area contributed by atoms with E-state index in [-0.39, 0.29) is 12.1 Å². The van der Waals surface area contributed by atoms with Crippen LogP contribution in [0.25, 0.3) is 0 Å². The number of ether oxygens (including phenoxy) is 1. The number of urea groups is 1. The Labute approximate surface area is 141 Å². The Morgan fingerprint density at radius 2 is 2.25 bits per heavy atom. The number of nitrogens with one attached hydrogen (secondary N) is 1. The van der Waals surface area contributed by atoms with Gasteiger partial charge in [-0.25, -0.2) is 9.78 Å². The number of carbonyl (C=O) groups excluding carboxylic acids is 1. The maximum Gasteiger partial charge on any atom is 0.318 e. The van der Waals surface area contributed by atoms with E-state index in [0.29, 0.717) is 12.4 Å². The number of hydrogen-bond acceptors (Lipinski definition) is 4. The van der Waals surface area contributed by atoms with Crippen LogP contribution in [0.4, 0.5) is 4.79 Å². The number of aryl methyl sites for hydroxylation is 1. The third-order valence-corrected chi connectivity index (χ3v) is 4.33. The number of para-hydroxylation sites is 1. The van der Waals surface area contributed by atoms with Gasteiger partial charge in [0.1, 0.15) is 12.1 Å². The fraction of sp³-hybridized carbons (Fsp3) is 0.471. The molecule has 2 heterocycles. The number of methoxy groups -OCH3 is 1. The van der Waals surface area contributed by atoms with E-state index in [9.17, 15) is 4.79 Å². The van der Waals surface area contributed by atoms with Crippen LogP contribution in [0, 0.1) is 0 Å². The number of aromatic nitrogens is 3. The Bertz CT molecular complexity index is 700. The second kappa shape index (κ2) is 7.33. The van der Waals surface area contributed by atoms with Crippen LogP contribution in [-0.2, 0) is 20.0 Å². The van der Waals surface area contributed by atoms with Gasteiger partial charge in [-0.2, -0.15) is 5.10 Å². The molecule has 0 aliphatic carbocycles. The van der Waals surface area contributed by atoms with Gasteiger partial charge in [-0.15, -0.1) is 0 Å². The molecule has 0 bridgehead atoms. The van der Waals surface area contributed by atoms with Crippen LogP contribution in [0.5, 0.6) is 5.75 Å². The van der Waals surface area contributed by atoms with Crippen molar-refractivity contribution >= 4 is 6.03 Å². The normalized spacial score (nSPS) is 17.1. The zero-order valence-corrected chi connectivity index (χ0v) is 14.1. The lowest BCUT2D eigenvalue weighted by Gasteiger charge is -2.25. The van der Waals surface area contributed by atoms with Crippen LogP contribution in [0.2, 0.25) is 0 Å². The largest absolute Gasteiger partial charge is 0.496 e. The van der Waals surface area contributed by atoms with Crippen LogP contribution in [-0.4, -0.2) is 45.4 Å². The topological polar surface area (TPSA) is 72.3 Å². The van der Waals surface area contributed by atoms with Crippen molar-refractivity contribution in [2.75, 3.05) is 13.7 Å². The zero-order chi connectivity index (χ0) is 16.9. The molecule has 128 valence electrons. The molecule has 1 aromatic heterocycles. The Morgan fingerprint density at radius 3 is 3.00 bits per heavy atom. The monoisotopic (exact) mass is 329 g/mol. The second-order valence-corrected chi connectivity index (χ2v) is 6.00. The lowest BCUT2D eigenvalue weighted by Crippen LogP contribution is -2.43. The Morgan fingerprint density at radius 1 is 1.42 bits per heavy atom. The number of nitrogens with zero attached hydrogens (tertiary/aromatic N) is 4. The summed E-state index contributed by atoms with van der Waals surface area (Å²) in [4.78, 5) is 18.5. The molecule has 0 saturated carbocycles. The number of hydrogen-bond donors (Lipinski definition) is 1. The first kappa shape index (κ1) is 16.3. The van der Waals surface area contributed by atoms with Crippen molar-refractivity contribution in [3.05, 3.63) is 42.0 Å². The zero-order valence-electron chi connectivity index (χ0n) is 14.1. The molecular formula is C17H23N5O2. The van der Waals surface area contributed by atoms with Gasteiger partial charge in [-0.1, -0.05) is 18.2 Å². The summed E-state index contributed by atoms with van der Waals surface area (Å²) in [7, 11) is 3.49. The van der Waals surface area contributed by atoms with E-state index in [1.807, 2.05) is 30.1 Å². The molecule has 1 saturated heterocycles. The van der Waals surface area contributed by atoms with Crippen LogP contribution in [0.15, 0.2) is 30.6 Å². The summed E-state index contributed by atoms with van der Waals surface area (Å²) in [5.41, 5.74) is 1.14. The highest BCUT2D eigenvalue weighted by Crippen LogP contribution is 2.26. The van der Waals surface area contributed by atoms with Crippen LogP contribution in [0.3, 0.4) is 0 Å². The lowest BCUT2D eigenvalue weighted by molar-refractivity contribution is 0.191. The highest BCUT2D eigenvalue weighted by atomic mass is 16.5. The highest BCUT2D eigenvalue weighted by molar-refractivity contribution is 5.74. The number of carbonyl (C=O) groups is 1. The standard InChI is InChI=1S/C17H23N5O2/c1-21-12-19-16(20-21)11-18-17(23)22-9-5-7-14(22)10-13-6-3-4-8-15(13)24-2/h3-4,6,8,12,14H,5,7,9-11H2,1-2H3,(H,18,23). The molecule has 0 spiro atoms. The first-order chi connectivity index (χ1) is 11.7. The Balaban J connectivity index is 1.61. The van der Waals surface area contributed by atoms with Crippen molar-refractivity contribution in [1.29, 1.82) is 0 Å². The molecule has 1 aliphatic heterocycles. The van der Waals surface area contributed by atoms with Crippen molar-refractivity contribution in [1.82, 2.24) is 25.0 Å². The van der Waals surface area contributed by atoms with Gasteiger partial charge in [0.25, 0.3) is 0 Å². The van der Waals surface area contributed by atoms with E-state index in [1.54, 1.807) is 18.1 Å². The molecule has 1 aliphatic rings. The van der Waals surface area contributed by atoms with Gasteiger partial charge in [0.15, 0.2) is 5.82 Å². The van der Waals surface area contributed by atoms with E-state index in [4.69, 9.17) is 4.74 Å². The number of likely N-dealkylation sites (tertiary alicyclic amines) is 1.